The number of hydrogen-bond acceptors (Lipinski definition) is 2. The van der Waals surface area contributed by atoms with Crippen molar-refractivity contribution in [1.29, 1.82) is 0 Å². The minimum Gasteiger partial charge on any atom is -0.382 e. The average Bonchev–Trinajstić information content (AvgIpc) is 2.78. The van der Waals surface area contributed by atoms with Gasteiger partial charge in [0.1, 0.15) is 11.5 Å². The Kier molecular flexibility index (Phi) is 3.18. The molecule has 3 aromatic rings. The lowest BCUT2D eigenvalue weighted by molar-refractivity contribution is 0.968. The maximum Gasteiger partial charge on any atom is 0.146 e. The van der Waals surface area contributed by atoms with Crippen molar-refractivity contribution in [3.8, 4) is 0 Å². The van der Waals surface area contributed by atoms with Gasteiger partial charge in [-0.15, -0.1) is 0 Å². The van der Waals surface area contributed by atoms with Gasteiger partial charge >= 0.3 is 0 Å². The van der Waals surface area contributed by atoms with Crippen LogP contribution < -0.4 is 5.73 Å². The zero-order chi connectivity index (χ0) is 14.1. The van der Waals surface area contributed by atoms with Crippen LogP contribution in [0.15, 0.2) is 42.5 Å². The molecule has 0 aliphatic heterocycles. The highest BCUT2D eigenvalue weighted by molar-refractivity contribution is 5.59. The van der Waals surface area contributed by atoms with E-state index < -0.39 is 0 Å². The van der Waals surface area contributed by atoms with Crippen LogP contribution >= 0.6 is 0 Å². The Morgan fingerprint density at radius 3 is 2.55 bits per heavy atom. The van der Waals surface area contributed by atoms with Crippen molar-refractivity contribution < 1.29 is 0 Å². The predicted octanol–water partition coefficient (Wildman–Crippen LogP) is 3.38. The molecule has 0 fully saturated rings. The molecule has 102 valence electrons. The van der Waals surface area contributed by atoms with Gasteiger partial charge in [-0.05, 0) is 30.5 Å². The highest BCUT2D eigenvalue weighted by Gasteiger charge is 2.14. The van der Waals surface area contributed by atoms with E-state index in [1.54, 1.807) is 0 Å². The van der Waals surface area contributed by atoms with E-state index >= 15 is 0 Å². The molecule has 3 heteroatoms. The van der Waals surface area contributed by atoms with E-state index in [1.807, 2.05) is 6.07 Å². The van der Waals surface area contributed by atoms with Crippen molar-refractivity contribution >= 4 is 11.5 Å². The summed E-state index contributed by atoms with van der Waals surface area (Å²) in [6, 6.07) is 14.7. The summed E-state index contributed by atoms with van der Waals surface area (Å²) in [7, 11) is 0. The Bertz CT molecular complexity index is 742. The number of aryl methyl sites for hydroxylation is 2. The zero-order valence-electron chi connectivity index (χ0n) is 11.9. The lowest BCUT2D eigenvalue weighted by Crippen LogP contribution is -2.02. The summed E-state index contributed by atoms with van der Waals surface area (Å²) >= 11 is 0. The minimum atomic E-state index is 0.637. The fourth-order valence-electron chi connectivity index (χ4n) is 2.67. The van der Waals surface area contributed by atoms with Crippen molar-refractivity contribution in [3.63, 3.8) is 0 Å². The second-order valence-electron chi connectivity index (χ2n) is 5.12. The quantitative estimate of drug-likeness (QED) is 0.789. The van der Waals surface area contributed by atoms with Crippen LogP contribution in [0.25, 0.3) is 5.65 Å². The van der Waals surface area contributed by atoms with Crippen LogP contribution in [0.5, 0.6) is 0 Å². The number of fused-ring (bicyclic) bond motifs is 1. The Morgan fingerprint density at radius 1 is 1.10 bits per heavy atom. The molecule has 1 aromatic carbocycles. The van der Waals surface area contributed by atoms with Crippen LogP contribution in [-0.4, -0.2) is 9.38 Å². The van der Waals surface area contributed by atoms with E-state index in [1.165, 1.54) is 16.8 Å². The second-order valence-corrected chi connectivity index (χ2v) is 5.12. The SMILES string of the molecule is CCc1ccc(C)n2c(Cc3ccccc3)c(N)nc12. The summed E-state index contributed by atoms with van der Waals surface area (Å²) in [6.45, 7) is 4.24. The first kappa shape index (κ1) is 12.7. The fourth-order valence-corrected chi connectivity index (χ4v) is 2.67. The van der Waals surface area contributed by atoms with Crippen LogP contribution in [0.2, 0.25) is 0 Å². The first-order chi connectivity index (χ1) is 9.70. The Labute approximate surface area is 119 Å². The van der Waals surface area contributed by atoms with Crippen molar-refractivity contribution in [1.82, 2.24) is 9.38 Å². The standard InChI is InChI=1S/C17H19N3/c1-3-14-10-9-12(2)20-15(16(18)19-17(14)20)11-13-7-5-4-6-8-13/h4-10H,3,11,18H2,1-2H3. The molecule has 0 saturated heterocycles. The first-order valence-electron chi connectivity index (χ1n) is 7.00. The first-order valence-corrected chi connectivity index (χ1v) is 7.00. The highest BCUT2D eigenvalue weighted by Crippen LogP contribution is 2.23. The Hall–Kier alpha value is -2.29. The van der Waals surface area contributed by atoms with E-state index in [4.69, 9.17) is 5.73 Å². The zero-order valence-corrected chi connectivity index (χ0v) is 11.9. The molecule has 0 radical (unpaired) electrons. The van der Waals surface area contributed by atoms with Crippen LogP contribution in [0, 0.1) is 6.92 Å². The van der Waals surface area contributed by atoms with Crippen molar-refractivity contribution in [2.45, 2.75) is 26.7 Å². The molecule has 20 heavy (non-hydrogen) atoms. The Balaban J connectivity index is 2.18. The van der Waals surface area contributed by atoms with E-state index in [0.717, 1.165) is 24.2 Å². The summed E-state index contributed by atoms with van der Waals surface area (Å²) in [5.41, 5.74) is 11.9. The second kappa shape index (κ2) is 5.00. The predicted molar refractivity (Wildman–Crippen MR) is 83.0 cm³/mol. The average molecular weight is 265 g/mol. The van der Waals surface area contributed by atoms with Gasteiger partial charge in [0.25, 0.3) is 0 Å². The van der Waals surface area contributed by atoms with E-state index in [-0.39, 0.29) is 0 Å². The van der Waals surface area contributed by atoms with Gasteiger partial charge in [0.15, 0.2) is 0 Å². The number of nitrogen functional groups attached to an aromatic ring is 1. The largest absolute Gasteiger partial charge is 0.382 e. The van der Waals surface area contributed by atoms with E-state index in [9.17, 15) is 0 Å². The summed E-state index contributed by atoms with van der Waals surface area (Å²) in [4.78, 5) is 4.58. The molecule has 3 nitrogen and oxygen atoms in total. The van der Waals surface area contributed by atoms with E-state index in [0.29, 0.717) is 5.82 Å². The number of aromatic nitrogens is 2. The number of anilines is 1. The molecule has 2 N–H and O–H groups in total. The normalized spacial score (nSPS) is 11.1. The van der Waals surface area contributed by atoms with Crippen LogP contribution in [0.3, 0.4) is 0 Å². The topological polar surface area (TPSA) is 43.3 Å². The van der Waals surface area contributed by atoms with Crippen LogP contribution in [0.1, 0.15) is 29.4 Å². The number of nitrogens with zero attached hydrogens (tertiary/aromatic N) is 2. The molecule has 0 amide bonds. The van der Waals surface area contributed by atoms with Crippen LogP contribution in [0.4, 0.5) is 5.82 Å². The summed E-state index contributed by atoms with van der Waals surface area (Å²) in [5.74, 6) is 0.637. The van der Waals surface area contributed by atoms with Gasteiger partial charge in [0.2, 0.25) is 0 Å². The number of nitrogens with two attached hydrogens (primary N) is 1. The molecule has 3 rings (SSSR count). The fraction of sp³-hybridized carbons (Fsp3) is 0.235. The Morgan fingerprint density at radius 2 is 1.85 bits per heavy atom. The third-order valence-electron chi connectivity index (χ3n) is 3.76. The molecule has 0 bridgehead atoms. The molecule has 0 aliphatic carbocycles. The summed E-state index contributed by atoms with van der Waals surface area (Å²) < 4.78 is 2.20. The molecular formula is C17H19N3. The van der Waals surface area contributed by atoms with E-state index in [2.05, 4.69) is 59.6 Å². The molecular weight excluding hydrogens is 246 g/mol. The van der Waals surface area contributed by atoms with Crippen LogP contribution in [-0.2, 0) is 12.8 Å². The van der Waals surface area contributed by atoms with Gasteiger partial charge in [-0.3, -0.25) is 4.40 Å². The van der Waals surface area contributed by atoms with Crippen molar-refractivity contribution in [3.05, 3.63) is 65.0 Å². The highest BCUT2D eigenvalue weighted by atomic mass is 15.1. The van der Waals surface area contributed by atoms with Crippen molar-refractivity contribution in [2.75, 3.05) is 5.73 Å². The molecule has 2 aromatic heterocycles. The molecule has 0 atom stereocenters. The molecule has 0 aliphatic rings. The number of imidazole rings is 1. The van der Waals surface area contributed by atoms with Gasteiger partial charge < -0.3 is 5.73 Å². The maximum absolute atomic E-state index is 6.16. The molecule has 0 saturated carbocycles. The third-order valence-corrected chi connectivity index (χ3v) is 3.76. The van der Waals surface area contributed by atoms with Gasteiger partial charge in [0.05, 0.1) is 5.69 Å². The number of pyridine rings is 1. The smallest absolute Gasteiger partial charge is 0.146 e. The molecule has 0 unspecified atom stereocenters. The maximum atomic E-state index is 6.16. The van der Waals surface area contributed by atoms with Gasteiger partial charge in [0, 0.05) is 12.1 Å². The minimum absolute atomic E-state index is 0.637. The van der Waals surface area contributed by atoms with Gasteiger partial charge in [-0.25, -0.2) is 4.98 Å². The number of rotatable bonds is 3. The third kappa shape index (κ3) is 2.05. The van der Waals surface area contributed by atoms with Gasteiger partial charge in [-0.2, -0.15) is 0 Å². The monoisotopic (exact) mass is 265 g/mol. The molecule has 2 heterocycles. The van der Waals surface area contributed by atoms with Crippen molar-refractivity contribution in [2.24, 2.45) is 0 Å². The summed E-state index contributed by atoms with van der Waals surface area (Å²) in [5, 5.41) is 0. The summed E-state index contributed by atoms with van der Waals surface area (Å²) in [6.07, 6.45) is 1.77. The van der Waals surface area contributed by atoms with Gasteiger partial charge in [-0.1, -0.05) is 43.3 Å². The number of hydrogen-bond donors (Lipinski definition) is 1. The lowest BCUT2D eigenvalue weighted by Gasteiger charge is -2.08. The lowest BCUT2D eigenvalue weighted by atomic mass is 10.1. The molecule has 0 spiro atoms. The number of benzene rings is 1.